The number of aromatic nitrogens is 2. The van der Waals surface area contributed by atoms with Crippen LogP contribution in [-0.2, 0) is 6.42 Å². The van der Waals surface area contributed by atoms with E-state index in [0.717, 1.165) is 62.6 Å². The lowest BCUT2D eigenvalue weighted by Crippen LogP contribution is -2.43. The second-order valence-electron chi connectivity index (χ2n) is 6.29. The molecule has 142 valence electrons. The maximum atomic E-state index is 12.3. The number of nitrogens with one attached hydrogen (secondary N) is 1. The molecule has 1 aromatic carbocycles. The number of hydrogen-bond donors (Lipinski definition) is 1. The molecule has 0 atom stereocenters. The fraction of sp³-hybridized carbons (Fsp3) is 0.500. The minimum absolute atomic E-state index is 0.231. The number of rotatable bonds is 6. The second kappa shape index (κ2) is 7.99. The van der Waals surface area contributed by atoms with Crippen molar-refractivity contribution in [3.63, 3.8) is 0 Å². The van der Waals surface area contributed by atoms with Gasteiger partial charge in [-0.1, -0.05) is 13.3 Å². The third kappa shape index (κ3) is 4.69. The van der Waals surface area contributed by atoms with Gasteiger partial charge >= 0.3 is 6.36 Å². The van der Waals surface area contributed by atoms with E-state index in [1.165, 1.54) is 12.1 Å². The van der Waals surface area contributed by atoms with Crippen molar-refractivity contribution in [3.05, 3.63) is 36.0 Å². The van der Waals surface area contributed by atoms with Crippen molar-refractivity contribution >= 4 is 5.82 Å². The molecule has 0 radical (unpaired) electrons. The zero-order valence-electron chi connectivity index (χ0n) is 14.7. The average Bonchev–Trinajstić information content (AvgIpc) is 3.04. The van der Waals surface area contributed by atoms with Gasteiger partial charge in [0.15, 0.2) is 5.82 Å². The van der Waals surface area contributed by atoms with Crippen LogP contribution in [0.2, 0.25) is 0 Å². The van der Waals surface area contributed by atoms with Crippen LogP contribution in [0.5, 0.6) is 5.75 Å². The van der Waals surface area contributed by atoms with Gasteiger partial charge in [-0.2, -0.15) is 5.10 Å². The Labute approximate surface area is 150 Å². The van der Waals surface area contributed by atoms with Gasteiger partial charge in [0, 0.05) is 37.9 Å². The predicted octanol–water partition coefficient (Wildman–Crippen LogP) is 3.52. The molecule has 1 saturated heterocycles. The van der Waals surface area contributed by atoms with Crippen LogP contribution in [0.4, 0.5) is 19.0 Å². The van der Waals surface area contributed by atoms with E-state index in [4.69, 9.17) is 5.10 Å². The summed E-state index contributed by atoms with van der Waals surface area (Å²) in [6, 6.07) is 7.93. The monoisotopic (exact) mass is 368 g/mol. The van der Waals surface area contributed by atoms with Gasteiger partial charge in [0.05, 0.1) is 5.69 Å². The van der Waals surface area contributed by atoms with Gasteiger partial charge in [-0.05, 0) is 37.1 Å². The summed E-state index contributed by atoms with van der Waals surface area (Å²) in [5.41, 5.74) is 1.79. The predicted molar refractivity (Wildman–Crippen MR) is 93.9 cm³/mol. The van der Waals surface area contributed by atoms with Gasteiger partial charge in [-0.3, -0.25) is 0 Å². The van der Waals surface area contributed by atoms with Crippen molar-refractivity contribution in [2.24, 2.45) is 0 Å². The first-order valence-corrected chi connectivity index (χ1v) is 8.87. The summed E-state index contributed by atoms with van der Waals surface area (Å²) in [7, 11) is 0. The molecule has 1 N–H and O–H groups in total. The molecular weight excluding hydrogens is 345 g/mol. The highest BCUT2D eigenvalue weighted by Crippen LogP contribution is 2.25. The lowest BCUT2D eigenvalue weighted by Gasteiger charge is -2.27. The number of halogens is 3. The molecule has 0 amide bonds. The fourth-order valence-electron chi connectivity index (χ4n) is 3.00. The highest BCUT2D eigenvalue weighted by molar-refractivity contribution is 5.46. The standard InChI is InChI=1S/C18H23F3N4O/c1-2-3-4-15-13-17(24-11-9-22-10-12-24)23-25(15)14-5-7-16(8-6-14)26-18(19,20)21/h5-8,13,22H,2-4,9-12H2,1H3. The van der Waals surface area contributed by atoms with E-state index in [-0.39, 0.29) is 5.75 Å². The van der Waals surface area contributed by atoms with Gasteiger partial charge in [-0.25, -0.2) is 4.68 Å². The Hall–Kier alpha value is -2.22. The van der Waals surface area contributed by atoms with E-state index in [0.29, 0.717) is 0 Å². The van der Waals surface area contributed by atoms with Gasteiger partial charge in [-0.15, -0.1) is 13.2 Å². The lowest BCUT2D eigenvalue weighted by molar-refractivity contribution is -0.274. The summed E-state index contributed by atoms with van der Waals surface area (Å²) in [6.07, 6.45) is -1.72. The van der Waals surface area contributed by atoms with Crippen LogP contribution in [0, 0.1) is 0 Å². The zero-order chi connectivity index (χ0) is 18.6. The smallest absolute Gasteiger partial charge is 0.406 e. The number of piperazine rings is 1. The zero-order valence-corrected chi connectivity index (χ0v) is 14.7. The molecule has 0 aliphatic carbocycles. The molecule has 0 unspecified atom stereocenters. The summed E-state index contributed by atoms with van der Waals surface area (Å²) >= 11 is 0. The van der Waals surface area contributed by atoms with E-state index < -0.39 is 6.36 Å². The van der Waals surface area contributed by atoms with Crippen molar-refractivity contribution in [2.75, 3.05) is 31.1 Å². The maximum absolute atomic E-state index is 12.3. The van der Waals surface area contributed by atoms with Gasteiger partial charge in [0.25, 0.3) is 0 Å². The van der Waals surface area contributed by atoms with Crippen LogP contribution in [0.15, 0.2) is 30.3 Å². The minimum Gasteiger partial charge on any atom is -0.406 e. The quantitative estimate of drug-likeness (QED) is 0.847. The molecule has 0 spiro atoms. The van der Waals surface area contributed by atoms with Crippen molar-refractivity contribution in [1.29, 1.82) is 0 Å². The van der Waals surface area contributed by atoms with Crippen LogP contribution in [0.25, 0.3) is 5.69 Å². The number of hydrogen-bond acceptors (Lipinski definition) is 4. The lowest BCUT2D eigenvalue weighted by atomic mass is 10.2. The highest BCUT2D eigenvalue weighted by Gasteiger charge is 2.31. The van der Waals surface area contributed by atoms with E-state index in [1.54, 1.807) is 12.1 Å². The van der Waals surface area contributed by atoms with E-state index in [1.807, 2.05) is 4.68 Å². The Kier molecular flexibility index (Phi) is 5.70. The Balaban J connectivity index is 1.85. The fourth-order valence-corrected chi connectivity index (χ4v) is 3.00. The maximum Gasteiger partial charge on any atom is 0.573 e. The molecule has 1 aliphatic rings. The summed E-state index contributed by atoms with van der Waals surface area (Å²) in [4.78, 5) is 2.23. The SMILES string of the molecule is CCCCc1cc(N2CCNCC2)nn1-c1ccc(OC(F)(F)F)cc1. The Morgan fingerprint density at radius 1 is 1.15 bits per heavy atom. The Bertz CT molecular complexity index is 706. The highest BCUT2D eigenvalue weighted by atomic mass is 19.4. The normalized spacial score (nSPS) is 15.3. The molecule has 0 bridgehead atoms. The molecular formula is C18H23F3N4O. The molecule has 1 aromatic heterocycles. The number of nitrogens with zero attached hydrogens (tertiary/aromatic N) is 3. The number of aryl methyl sites for hydroxylation is 1. The number of anilines is 1. The summed E-state index contributed by atoms with van der Waals surface area (Å²) in [6.45, 7) is 5.74. The molecule has 0 saturated carbocycles. The first-order valence-electron chi connectivity index (χ1n) is 8.87. The first-order chi connectivity index (χ1) is 12.5. The molecule has 2 aromatic rings. The van der Waals surface area contributed by atoms with E-state index >= 15 is 0 Å². The van der Waals surface area contributed by atoms with Crippen LogP contribution >= 0.6 is 0 Å². The molecule has 5 nitrogen and oxygen atoms in total. The van der Waals surface area contributed by atoms with Gasteiger partial charge in [0.2, 0.25) is 0 Å². The molecule has 26 heavy (non-hydrogen) atoms. The van der Waals surface area contributed by atoms with Crippen LogP contribution in [0.1, 0.15) is 25.5 Å². The van der Waals surface area contributed by atoms with Gasteiger partial charge in [0.1, 0.15) is 5.75 Å². The van der Waals surface area contributed by atoms with Crippen LogP contribution in [0.3, 0.4) is 0 Å². The minimum atomic E-state index is -4.69. The summed E-state index contributed by atoms with van der Waals surface area (Å²) in [5.74, 6) is 0.680. The Morgan fingerprint density at radius 3 is 2.46 bits per heavy atom. The Morgan fingerprint density at radius 2 is 1.85 bits per heavy atom. The third-order valence-electron chi connectivity index (χ3n) is 4.31. The van der Waals surface area contributed by atoms with Crippen molar-refractivity contribution in [3.8, 4) is 11.4 Å². The van der Waals surface area contributed by atoms with Crippen LogP contribution in [-0.4, -0.2) is 42.3 Å². The number of alkyl halides is 3. The van der Waals surface area contributed by atoms with Crippen molar-refractivity contribution < 1.29 is 17.9 Å². The largest absolute Gasteiger partial charge is 0.573 e. The van der Waals surface area contributed by atoms with Crippen molar-refractivity contribution in [1.82, 2.24) is 15.1 Å². The number of benzene rings is 1. The molecule has 8 heteroatoms. The van der Waals surface area contributed by atoms with Gasteiger partial charge < -0.3 is 15.0 Å². The molecule has 1 fully saturated rings. The topological polar surface area (TPSA) is 42.3 Å². The first kappa shape index (κ1) is 18.6. The summed E-state index contributed by atoms with van der Waals surface area (Å²) in [5, 5.41) is 8.03. The number of unbranched alkanes of at least 4 members (excludes halogenated alkanes) is 1. The van der Waals surface area contributed by atoms with Crippen LogP contribution < -0.4 is 15.0 Å². The van der Waals surface area contributed by atoms with E-state index in [9.17, 15) is 13.2 Å². The van der Waals surface area contributed by atoms with Crippen molar-refractivity contribution in [2.45, 2.75) is 32.5 Å². The van der Waals surface area contributed by atoms with E-state index in [2.05, 4.69) is 27.9 Å². The third-order valence-corrected chi connectivity index (χ3v) is 4.31. The molecule has 3 rings (SSSR count). The average molecular weight is 368 g/mol. The second-order valence-corrected chi connectivity index (χ2v) is 6.29. The molecule has 1 aliphatic heterocycles. The molecule has 2 heterocycles. The number of ether oxygens (including phenoxy) is 1. The summed E-state index contributed by atoms with van der Waals surface area (Å²) < 4.78 is 42.7.